The molecule has 1 atom stereocenters. The third-order valence-electron chi connectivity index (χ3n) is 5.00. The number of carbonyl (C=O) groups is 2. The first-order valence-electron chi connectivity index (χ1n) is 9.80. The summed E-state index contributed by atoms with van der Waals surface area (Å²) in [6.07, 6.45) is 6.10. The molecule has 0 unspecified atom stereocenters. The molecule has 0 saturated heterocycles. The van der Waals surface area contributed by atoms with E-state index >= 15 is 0 Å². The summed E-state index contributed by atoms with van der Waals surface area (Å²) < 4.78 is 11.4. The zero-order chi connectivity index (χ0) is 19.2. The molecule has 0 aromatic heterocycles. The monoisotopic (exact) mass is 372 g/mol. The van der Waals surface area contributed by atoms with Crippen LogP contribution in [0.5, 0.6) is 5.75 Å². The van der Waals surface area contributed by atoms with E-state index in [4.69, 9.17) is 9.47 Å². The molecule has 1 fully saturated rings. The molecule has 1 aromatic carbocycles. The Morgan fingerprint density at radius 1 is 1.15 bits per heavy atom. The number of benzene rings is 1. The summed E-state index contributed by atoms with van der Waals surface area (Å²) in [6, 6.07) is 6.62. The second kappa shape index (κ2) is 8.93. The van der Waals surface area contributed by atoms with Gasteiger partial charge >= 0.3 is 12.0 Å². The van der Waals surface area contributed by atoms with Gasteiger partial charge in [-0.2, -0.15) is 0 Å². The molecule has 2 aliphatic rings. The molecule has 27 heavy (non-hydrogen) atoms. The molecule has 0 spiro atoms. The van der Waals surface area contributed by atoms with Crippen LogP contribution in [-0.2, 0) is 9.53 Å². The highest BCUT2D eigenvalue weighted by atomic mass is 16.5. The quantitative estimate of drug-likeness (QED) is 0.741. The zero-order valence-electron chi connectivity index (χ0n) is 16.0. The van der Waals surface area contributed by atoms with Crippen molar-refractivity contribution in [3.63, 3.8) is 0 Å². The summed E-state index contributed by atoms with van der Waals surface area (Å²) in [5.74, 6) is 0.413. The SMILES string of the molecule is CCCOc1ccc([C@@H]2NC(=O)NC(C)=C2C(=O)OC2CCCCC2)cc1. The highest BCUT2D eigenvalue weighted by molar-refractivity contribution is 5.95. The normalized spacial score (nSPS) is 20.7. The smallest absolute Gasteiger partial charge is 0.338 e. The van der Waals surface area contributed by atoms with Crippen LogP contribution in [0, 0.1) is 0 Å². The van der Waals surface area contributed by atoms with Crippen molar-refractivity contribution in [2.75, 3.05) is 6.61 Å². The molecular formula is C21H28N2O4. The summed E-state index contributed by atoms with van der Waals surface area (Å²) in [6.45, 7) is 4.44. The Kier molecular flexibility index (Phi) is 6.37. The molecule has 146 valence electrons. The Balaban J connectivity index is 1.79. The van der Waals surface area contributed by atoms with Gasteiger partial charge in [0, 0.05) is 5.70 Å². The van der Waals surface area contributed by atoms with E-state index in [1.54, 1.807) is 6.92 Å². The summed E-state index contributed by atoms with van der Waals surface area (Å²) in [5, 5.41) is 5.53. The maximum atomic E-state index is 12.9. The minimum Gasteiger partial charge on any atom is -0.494 e. The number of amides is 2. The van der Waals surface area contributed by atoms with Gasteiger partial charge in [0.1, 0.15) is 11.9 Å². The maximum Gasteiger partial charge on any atom is 0.338 e. The second-order valence-corrected chi connectivity index (χ2v) is 7.15. The molecule has 1 aliphatic carbocycles. The molecule has 0 bridgehead atoms. The standard InChI is InChI=1S/C21H28N2O4/c1-3-13-26-16-11-9-15(10-12-16)19-18(14(2)22-21(25)23-19)20(24)27-17-7-5-4-6-8-17/h9-12,17,19H,3-8,13H2,1-2H3,(H2,22,23,25)/t19-/m0/s1. The molecule has 3 rings (SSSR count). The number of hydrogen-bond acceptors (Lipinski definition) is 4. The summed E-state index contributed by atoms with van der Waals surface area (Å²) >= 11 is 0. The second-order valence-electron chi connectivity index (χ2n) is 7.15. The van der Waals surface area contributed by atoms with Crippen LogP contribution in [0.2, 0.25) is 0 Å². The Morgan fingerprint density at radius 3 is 2.52 bits per heavy atom. The van der Waals surface area contributed by atoms with Gasteiger partial charge in [0.25, 0.3) is 0 Å². The predicted molar refractivity (Wildman–Crippen MR) is 102 cm³/mol. The first-order valence-corrected chi connectivity index (χ1v) is 9.80. The first kappa shape index (κ1) is 19.3. The number of allylic oxidation sites excluding steroid dienone is 1. The molecule has 6 nitrogen and oxygen atoms in total. The lowest BCUT2D eigenvalue weighted by Crippen LogP contribution is -2.45. The number of ether oxygens (including phenoxy) is 2. The average Bonchev–Trinajstić information content (AvgIpc) is 2.67. The number of esters is 1. The lowest BCUT2D eigenvalue weighted by molar-refractivity contribution is -0.146. The molecule has 2 N–H and O–H groups in total. The molecule has 1 heterocycles. The van der Waals surface area contributed by atoms with Gasteiger partial charge in [0.15, 0.2) is 0 Å². The van der Waals surface area contributed by atoms with Crippen LogP contribution in [0.3, 0.4) is 0 Å². The van der Waals surface area contributed by atoms with Gasteiger partial charge in [0.2, 0.25) is 0 Å². The average molecular weight is 372 g/mol. The van der Waals surface area contributed by atoms with Crippen molar-refractivity contribution in [1.82, 2.24) is 10.6 Å². The minimum atomic E-state index is -0.532. The Bertz CT molecular complexity index is 705. The molecular weight excluding hydrogens is 344 g/mol. The van der Waals surface area contributed by atoms with Crippen molar-refractivity contribution in [2.45, 2.75) is 64.5 Å². The van der Waals surface area contributed by atoms with Gasteiger partial charge < -0.3 is 20.1 Å². The number of hydrogen-bond donors (Lipinski definition) is 2. The largest absolute Gasteiger partial charge is 0.494 e. The number of carbonyl (C=O) groups excluding carboxylic acids is 2. The first-order chi connectivity index (χ1) is 13.1. The lowest BCUT2D eigenvalue weighted by Gasteiger charge is -2.30. The van der Waals surface area contributed by atoms with Crippen molar-refractivity contribution in [2.24, 2.45) is 0 Å². The zero-order valence-corrected chi connectivity index (χ0v) is 16.0. The molecule has 6 heteroatoms. The minimum absolute atomic E-state index is 0.0327. The van der Waals surface area contributed by atoms with E-state index in [-0.39, 0.29) is 18.1 Å². The number of nitrogens with one attached hydrogen (secondary N) is 2. The Morgan fingerprint density at radius 2 is 1.85 bits per heavy atom. The van der Waals surface area contributed by atoms with Crippen molar-refractivity contribution in [3.8, 4) is 5.75 Å². The van der Waals surface area contributed by atoms with Gasteiger partial charge in [-0.25, -0.2) is 9.59 Å². The topological polar surface area (TPSA) is 76.7 Å². The third-order valence-corrected chi connectivity index (χ3v) is 5.00. The molecule has 1 saturated carbocycles. The predicted octanol–water partition coefficient (Wildman–Crippen LogP) is 3.98. The van der Waals surface area contributed by atoms with Crippen LogP contribution in [0.15, 0.2) is 35.5 Å². The maximum absolute atomic E-state index is 12.9. The highest BCUT2D eigenvalue weighted by Gasteiger charge is 2.33. The van der Waals surface area contributed by atoms with Crippen LogP contribution in [-0.4, -0.2) is 24.7 Å². The fourth-order valence-electron chi connectivity index (χ4n) is 3.59. The van der Waals surface area contributed by atoms with E-state index in [0.29, 0.717) is 17.9 Å². The number of urea groups is 1. The van der Waals surface area contributed by atoms with E-state index in [0.717, 1.165) is 43.4 Å². The fraction of sp³-hybridized carbons (Fsp3) is 0.524. The molecule has 0 radical (unpaired) electrons. The van der Waals surface area contributed by atoms with E-state index < -0.39 is 6.04 Å². The fourth-order valence-corrected chi connectivity index (χ4v) is 3.59. The van der Waals surface area contributed by atoms with Crippen LogP contribution in [0.25, 0.3) is 0 Å². The van der Waals surface area contributed by atoms with Gasteiger partial charge in [-0.15, -0.1) is 0 Å². The van der Waals surface area contributed by atoms with Gasteiger partial charge in [-0.1, -0.05) is 25.5 Å². The molecule has 2 amide bonds. The van der Waals surface area contributed by atoms with Crippen LogP contribution in [0.1, 0.15) is 64.0 Å². The summed E-state index contributed by atoms with van der Waals surface area (Å²) in [7, 11) is 0. The van der Waals surface area contributed by atoms with E-state index in [1.165, 1.54) is 6.42 Å². The number of rotatable bonds is 6. The van der Waals surface area contributed by atoms with Crippen molar-refractivity contribution in [3.05, 3.63) is 41.1 Å². The summed E-state index contributed by atoms with van der Waals surface area (Å²) in [4.78, 5) is 24.9. The Labute approximate surface area is 160 Å². The van der Waals surface area contributed by atoms with Crippen LogP contribution >= 0.6 is 0 Å². The van der Waals surface area contributed by atoms with Crippen LogP contribution in [0.4, 0.5) is 4.79 Å². The highest BCUT2D eigenvalue weighted by Crippen LogP contribution is 2.30. The van der Waals surface area contributed by atoms with E-state index in [1.807, 2.05) is 24.3 Å². The van der Waals surface area contributed by atoms with Gasteiger partial charge in [0.05, 0.1) is 18.2 Å². The van der Waals surface area contributed by atoms with E-state index in [2.05, 4.69) is 17.6 Å². The molecule has 1 aliphatic heterocycles. The third kappa shape index (κ3) is 4.81. The lowest BCUT2D eigenvalue weighted by atomic mass is 9.94. The van der Waals surface area contributed by atoms with Crippen molar-refractivity contribution in [1.29, 1.82) is 0 Å². The van der Waals surface area contributed by atoms with E-state index in [9.17, 15) is 9.59 Å². The van der Waals surface area contributed by atoms with Gasteiger partial charge in [-0.05, 0) is 56.7 Å². The molecule has 1 aromatic rings. The van der Waals surface area contributed by atoms with Crippen LogP contribution < -0.4 is 15.4 Å². The van der Waals surface area contributed by atoms with Crippen molar-refractivity contribution < 1.29 is 19.1 Å². The summed E-state index contributed by atoms with van der Waals surface area (Å²) in [5.41, 5.74) is 1.82. The Hall–Kier alpha value is -2.50. The van der Waals surface area contributed by atoms with Crippen molar-refractivity contribution >= 4 is 12.0 Å². The van der Waals surface area contributed by atoms with Gasteiger partial charge in [-0.3, -0.25) is 0 Å².